The molecule has 0 radical (unpaired) electrons. The summed E-state index contributed by atoms with van der Waals surface area (Å²) < 4.78 is 17.0. The van der Waals surface area contributed by atoms with E-state index in [9.17, 15) is 0 Å². The predicted octanol–water partition coefficient (Wildman–Crippen LogP) is 4.99. The van der Waals surface area contributed by atoms with E-state index in [2.05, 4.69) is 27.1 Å². The van der Waals surface area contributed by atoms with Gasteiger partial charge in [0, 0.05) is 22.6 Å². The molecule has 0 amide bonds. The third-order valence-corrected chi connectivity index (χ3v) is 5.54. The second-order valence-electron chi connectivity index (χ2n) is 6.27. The van der Waals surface area contributed by atoms with Crippen molar-refractivity contribution in [1.29, 1.82) is 0 Å². The lowest BCUT2D eigenvalue weighted by Gasteiger charge is -2.21. The molecule has 2 aromatic carbocycles. The smallest absolute Gasteiger partial charge is 0.247 e. The number of hydrogen-bond donors (Lipinski definition) is 1. The molecule has 0 saturated carbocycles. The fourth-order valence-corrected chi connectivity index (χ4v) is 3.89. The van der Waals surface area contributed by atoms with Crippen LogP contribution < -0.4 is 19.5 Å². The minimum absolute atomic E-state index is 0.380. The number of nitrogens with one attached hydrogen (secondary N) is 1. The zero-order valence-electron chi connectivity index (χ0n) is 16.4. The normalized spacial score (nSPS) is 14.4. The Hall–Kier alpha value is -2.97. The van der Waals surface area contributed by atoms with Crippen LogP contribution in [0.1, 0.15) is 11.8 Å². The van der Waals surface area contributed by atoms with Gasteiger partial charge >= 0.3 is 0 Å². The number of rotatable bonds is 6. The average Bonchev–Trinajstić information content (AvgIpc) is 2.93. The molecular weight excluding hydrogens is 424 g/mol. The van der Waals surface area contributed by atoms with E-state index >= 15 is 0 Å². The Balaban J connectivity index is 1.81. The maximum absolute atomic E-state index is 6.42. The van der Waals surface area contributed by atoms with E-state index < -0.39 is 6.23 Å². The highest BCUT2D eigenvalue weighted by molar-refractivity contribution is 7.99. The van der Waals surface area contributed by atoms with Gasteiger partial charge in [0.05, 0.1) is 19.2 Å². The van der Waals surface area contributed by atoms with Gasteiger partial charge in [-0.15, -0.1) is 16.8 Å². The number of aromatic nitrogens is 3. The topological polar surface area (TPSA) is 78.4 Å². The van der Waals surface area contributed by atoms with E-state index in [0.29, 0.717) is 39.0 Å². The van der Waals surface area contributed by atoms with Crippen LogP contribution in [0.15, 0.2) is 54.2 Å². The Morgan fingerprint density at radius 2 is 2.07 bits per heavy atom. The highest BCUT2D eigenvalue weighted by Gasteiger charge is 2.27. The monoisotopic (exact) mass is 442 g/mol. The minimum Gasteiger partial charge on any atom is -0.493 e. The van der Waals surface area contributed by atoms with Gasteiger partial charge in [-0.3, -0.25) is 0 Å². The van der Waals surface area contributed by atoms with Gasteiger partial charge in [0.15, 0.2) is 23.4 Å². The summed E-state index contributed by atoms with van der Waals surface area (Å²) in [7, 11) is 3.10. The Morgan fingerprint density at radius 1 is 1.23 bits per heavy atom. The van der Waals surface area contributed by atoms with Gasteiger partial charge in [-0.1, -0.05) is 47.6 Å². The molecule has 1 aromatic heterocycles. The van der Waals surface area contributed by atoms with Crippen LogP contribution in [0.25, 0.3) is 11.3 Å². The zero-order valence-corrected chi connectivity index (χ0v) is 18.0. The van der Waals surface area contributed by atoms with Crippen LogP contribution >= 0.6 is 23.4 Å². The molecule has 7 nitrogen and oxygen atoms in total. The van der Waals surface area contributed by atoms with Crippen LogP contribution in [0.4, 0.5) is 5.69 Å². The standard InChI is InChI=1S/C21H19ClN4O3S/c1-4-9-30-21-24-20-17(25-26-21)13-7-5-6-8-15(13)23-19(29-20)12-10-14(22)18(28-3)16(11-12)27-2/h4-8,10-11,19,23H,1,9H2,2-3H3. The molecule has 4 rings (SSSR count). The molecule has 30 heavy (non-hydrogen) atoms. The lowest BCUT2D eigenvalue weighted by atomic mass is 10.1. The first-order chi connectivity index (χ1) is 14.6. The summed E-state index contributed by atoms with van der Waals surface area (Å²) in [4.78, 5) is 4.57. The van der Waals surface area contributed by atoms with Crippen molar-refractivity contribution in [3.05, 3.63) is 59.6 Å². The Labute approximate surface area is 183 Å². The summed E-state index contributed by atoms with van der Waals surface area (Å²) in [6.45, 7) is 3.73. The first kappa shape index (κ1) is 20.3. The second-order valence-corrected chi connectivity index (χ2v) is 7.67. The summed E-state index contributed by atoms with van der Waals surface area (Å²) in [6.07, 6.45) is 1.20. The number of halogens is 1. The van der Waals surface area contributed by atoms with Crippen molar-refractivity contribution in [3.63, 3.8) is 0 Å². The van der Waals surface area contributed by atoms with Gasteiger partial charge < -0.3 is 19.5 Å². The minimum atomic E-state index is -0.585. The van der Waals surface area contributed by atoms with E-state index in [-0.39, 0.29) is 0 Å². The van der Waals surface area contributed by atoms with Gasteiger partial charge in [-0.05, 0) is 18.2 Å². The molecule has 0 aliphatic carbocycles. The van der Waals surface area contributed by atoms with Crippen molar-refractivity contribution >= 4 is 29.1 Å². The lowest BCUT2D eigenvalue weighted by Crippen LogP contribution is -2.17. The number of fused-ring (bicyclic) bond motifs is 3. The molecule has 0 bridgehead atoms. The largest absolute Gasteiger partial charge is 0.493 e. The molecule has 9 heteroatoms. The molecule has 0 saturated heterocycles. The summed E-state index contributed by atoms with van der Waals surface area (Å²) in [6, 6.07) is 11.4. The highest BCUT2D eigenvalue weighted by atomic mass is 35.5. The fraction of sp³-hybridized carbons (Fsp3) is 0.190. The first-order valence-electron chi connectivity index (χ1n) is 9.07. The van der Waals surface area contributed by atoms with Crippen molar-refractivity contribution in [2.45, 2.75) is 11.4 Å². The average molecular weight is 443 g/mol. The lowest BCUT2D eigenvalue weighted by molar-refractivity contribution is 0.224. The van der Waals surface area contributed by atoms with Crippen molar-refractivity contribution in [2.75, 3.05) is 25.3 Å². The van der Waals surface area contributed by atoms with Gasteiger partial charge in [0.2, 0.25) is 11.0 Å². The summed E-state index contributed by atoms with van der Waals surface area (Å²) >= 11 is 7.85. The first-order valence-corrected chi connectivity index (χ1v) is 10.4. The number of para-hydroxylation sites is 1. The van der Waals surface area contributed by atoms with Crippen LogP contribution in [0, 0.1) is 0 Å². The SMILES string of the molecule is C=CCSc1nnc2c(n1)OC(c1cc(Cl)c(OC)c(OC)c1)Nc1ccccc1-2. The number of nitrogens with zero attached hydrogens (tertiary/aromatic N) is 3. The van der Waals surface area contributed by atoms with Crippen molar-refractivity contribution in [3.8, 4) is 28.6 Å². The molecule has 0 fully saturated rings. The number of anilines is 1. The molecule has 0 spiro atoms. The fourth-order valence-electron chi connectivity index (χ4n) is 3.08. The van der Waals surface area contributed by atoms with Crippen LogP contribution in [0.3, 0.4) is 0 Å². The van der Waals surface area contributed by atoms with Gasteiger partial charge in [-0.25, -0.2) is 0 Å². The van der Waals surface area contributed by atoms with Gasteiger partial charge in [-0.2, -0.15) is 4.98 Å². The van der Waals surface area contributed by atoms with Crippen LogP contribution in [-0.2, 0) is 0 Å². The zero-order chi connectivity index (χ0) is 21.1. The van der Waals surface area contributed by atoms with Crippen molar-refractivity contribution in [1.82, 2.24) is 15.2 Å². The Bertz CT molecular complexity index is 1100. The Kier molecular flexibility index (Phi) is 5.96. The number of benzene rings is 2. The maximum Gasteiger partial charge on any atom is 0.247 e. The van der Waals surface area contributed by atoms with E-state index in [1.54, 1.807) is 26.4 Å². The second kappa shape index (κ2) is 8.81. The third-order valence-electron chi connectivity index (χ3n) is 4.42. The van der Waals surface area contributed by atoms with Crippen LogP contribution in [-0.4, -0.2) is 35.2 Å². The molecule has 1 aliphatic rings. The molecular formula is C21H19ClN4O3S. The summed E-state index contributed by atoms with van der Waals surface area (Å²) in [5, 5.41) is 12.9. The van der Waals surface area contributed by atoms with Crippen molar-refractivity contribution in [2.24, 2.45) is 0 Å². The summed E-state index contributed by atoms with van der Waals surface area (Å²) in [5.74, 6) is 2.02. The molecule has 1 unspecified atom stereocenters. The quantitative estimate of drug-likeness (QED) is 0.422. The van der Waals surface area contributed by atoms with E-state index in [1.165, 1.54) is 11.8 Å². The molecule has 1 aliphatic heterocycles. The van der Waals surface area contributed by atoms with Crippen molar-refractivity contribution < 1.29 is 14.2 Å². The number of hydrogen-bond acceptors (Lipinski definition) is 8. The number of methoxy groups -OCH3 is 2. The molecule has 3 aromatic rings. The number of ether oxygens (including phenoxy) is 3. The maximum atomic E-state index is 6.42. The molecule has 154 valence electrons. The molecule has 2 heterocycles. The predicted molar refractivity (Wildman–Crippen MR) is 118 cm³/mol. The van der Waals surface area contributed by atoms with Crippen LogP contribution in [0.2, 0.25) is 5.02 Å². The van der Waals surface area contributed by atoms with Gasteiger partial charge in [0.1, 0.15) is 0 Å². The summed E-state index contributed by atoms with van der Waals surface area (Å²) in [5.41, 5.74) is 3.01. The third kappa shape index (κ3) is 3.88. The highest BCUT2D eigenvalue weighted by Crippen LogP contribution is 2.42. The van der Waals surface area contributed by atoms with E-state index in [0.717, 1.165) is 16.8 Å². The van der Waals surface area contributed by atoms with E-state index in [4.69, 9.17) is 25.8 Å². The molecule has 1 atom stereocenters. The number of thioether (sulfide) groups is 1. The van der Waals surface area contributed by atoms with Crippen LogP contribution in [0.5, 0.6) is 17.4 Å². The van der Waals surface area contributed by atoms with Gasteiger partial charge in [0.25, 0.3) is 0 Å². The van der Waals surface area contributed by atoms with E-state index in [1.807, 2.05) is 30.3 Å². The Morgan fingerprint density at radius 3 is 2.83 bits per heavy atom. The molecule has 1 N–H and O–H groups in total.